The second-order valence-electron chi connectivity index (χ2n) is 7.24. The number of nitrogens with zero attached hydrogens (tertiary/aromatic N) is 2. The molecule has 3 rings (SSSR count). The molecule has 2 aromatic carbocycles. The number of carbonyl (C=O) groups is 1. The minimum Gasteiger partial charge on any atom is -0.495 e. The second kappa shape index (κ2) is 9.75. The van der Waals surface area contributed by atoms with E-state index in [2.05, 4.69) is 10.2 Å². The first-order valence-electron chi connectivity index (χ1n) is 9.85. The Balaban J connectivity index is 1.88. The zero-order valence-corrected chi connectivity index (χ0v) is 19.9. The first-order chi connectivity index (χ1) is 14.7. The zero-order valence-electron chi connectivity index (χ0n) is 17.6. The van der Waals surface area contributed by atoms with Crippen LogP contribution in [-0.4, -0.2) is 63.4 Å². The van der Waals surface area contributed by atoms with Gasteiger partial charge in [0.05, 0.1) is 28.3 Å². The van der Waals surface area contributed by atoms with Gasteiger partial charge in [0.15, 0.2) is 0 Å². The molecule has 0 atom stereocenters. The molecule has 1 saturated heterocycles. The summed E-state index contributed by atoms with van der Waals surface area (Å²) in [5.41, 5.74) is 1.23. The van der Waals surface area contributed by atoms with E-state index >= 15 is 0 Å². The molecule has 1 heterocycles. The molecule has 0 spiro atoms. The van der Waals surface area contributed by atoms with Crippen LogP contribution in [0.3, 0.4) is 0 Å². The number of ether oxygens (including phenoxy) is 1. The molecular weight excluding hydrogens is 461 g/mol. The maximum atomic E-state index is 13.1. The minimum absolute atomic E-state index is 0.0336. The molecule has 7 nitrogen and oxygen atoms in total. The number of sulfonamides is 1. The maximum Gasteiger partial charge on any atom is 0.257 e. The number of aryl methyl sites for hydroxylation is 1. The van der Waals surface area contributed by atoms with Gasteiger partial charge in [0.1, 0.15) is 5.75 Å². The van der Waals surface area contributed by atoms with Crippen molar-refractivity contribution in [1.82, 2.24) is 9.21 Å². The number of hydrogen-bond acceptors (Lipinski definition) is 5. The molecule has 0 aromatic heterocycles. The van der Waals surface area contributed by atoms with Crippen LogP contribution in [0.15, 0.2) is 35.2 Å². The van der Waals surface area contributed by atoms with Crippen LogP contribution in [0.1, 0.15) is 22.8 Å². The quantitative estimate of drug-likeness (QED) is 0.671. The molecule has 0 aliphatic carbocycles. The number of carbonyl (C=O) groups excluding carboxylic acids is 1. The van der Waals surface area contributed by atoms with Gasteiger partial charge in [-0.2, -0.15) is 4.31 Å². The average molecular weight is 486 g/mol. The number of anilines is 1. The predicted octanol–water partition coefficient (Wildman–Crippen LogP) is 3.89. The van der Waals surface area contributed by atoms with Crippen molar-refractivity contribution < 1.29 is 17.9 Å². The highest BCUT2D eigenvalue weighted by molar-refractivity contribution is 7.89. The Morgan fingerprint density at radius 1 is 1.10 bits per heavy atom. The highest BCUT2D eigenvalue weighted by Gasteiger charge is 2.29. The molecule has 1 amide bonds. The van der Waals surface area contributed by atoms with Crippen molar-refractivity contribution in [3.8, 4) is 5.75 Å². The number of benzene rings is 2. The normalized spacial score (nSPS) is 15.6. The van der Waals surface area contributed by atoms with Crippen LogP contribution in [0.5, 0.6) is 5.75 Å². The number of hydrogen-bond donors (Lipinski definition) is 1. The molecule has 0 unspecified atom stereocenters. The lowest BCUT2D eigenvalue weighted by Gasteiger charge is -2.33. The summed E-state index contributed by atoms with van der Waals surface area (Å²) >= 11 is 12.4. The van der Waals surface area contributed by atoms with Crippen LogP contribution >= 0.6 is 23.2 Å². The lowest BCUT2D eigenvalue weighted by molar-refractivity contribution is 0.102. The SMILES string of the molecule is CCN1CCN(S(=O)(=O)c2ccc(Cl)c(C(=O)Nc3cc(C)c(Cl)cc3OC)c2)CC1. The fraction of sp³-hybridized carbons (Fsp3) is 0.381. The Labute approximate surface area is 192 Å². The van der Waals surface area contributed by atoms with Crippen molar-refractivity contribution in [2.24, 2.45) is 0 Å². The van der Waals surface area contributed by atoms with E-state index in [1.807, 2.05) is 6.92 Å². The Morgan fingerprint density at radius 3 is 2.39 bits per heavy atom. The van der Waals surface area contributed by atoms with Crippen molar-refractivity contribution in [1.29, 1.82) is 0 Å². The van der Waals surface area contributed by atoms with Gasteiger partial charge in [0.2, 0.25) is 10.0 Å². The number of halogens is 2. The van der Waals surface area contributed by atoms with E-state index in [9.17, 15) is 13.2 Å². The van der Waals surface area contributed by atoms with Gasteiger partial charge < -0.3 is 15.0 Å². The summed E-state index contributed by atoms with van der Waals surface area (Å²) in [5, 5.41) is 3.39. The second-order valence-corrected chi connectivity index (χ2v) is 9.99. The third kappa shape index (κ3) is 5.15. The molecule has 168 valence electrons. The molecule has 2 aromatic rings. The van der Waals surface area contributed by atoms with Gasteiger partial charge in [0, 0.05) is 37.3 Å². The van der Waals surface area contributed by atoms with Crippen LogP contribution in [0.2, 0.25) is 10.0 Å². The molecular formula is C21H25Cl2N3O4S. The van der Waals surface area contributed by atoms with Crippen molar-refractivity contribution in [3.63, 3.8) is 0 Å². The Bertz CT molecular complexity index is 1080. The van der Waals surface area contributed by atoms with Gasteiger partial charge in [-0.3, -0.25) is 4.79 Å². The van der Waals surface area contributed by atoms with Crippen molar-refractivity contribution in [3.05, 3.63) is 51.5 Å². The molecule has 1 N–H and O–H groups in total. The highest BCUT2D eigenvalue weighted by Crippen LogP contribution is 2.32. The van der Waals surface area contributed by atoms with E-state index in [-0.39, 0.29) is 15.5 Å². The first kappa shape index (κ1) is 23.8. The van der Waals surface area contributed by atoms with Crippen LogP contribution in [0.25, 0.3) is 0 Å². The van der Waals surface area contributed by atoms with E-state index in [0.29, 0.717) is 42.6 Å². The smallest absolute Gasteiger partial charge is 0.257 e. The van der Waals surface area contributed by atoms with E-state index < -0.39 is 15.9 Å². The fourth-order valence-corrected chi connectivity index (χ4v) is 5.20. The largest absolute Gasteiger partial charge is 0.495 e. The molecule has 0 bridgehead atoms. The minimum atomic E-state index is -3.74. The third-order valence-electron chi connectivity index (χ3n) is 5.33. The van der Waals surface area contributed by atoms with Gasteiger partial charge >= 0.3 is 0 Å². The fourth-order valence-electron chi connectivity index (χ4n) is 3.39. The number of methoxy groups -OCH3 is 1. The van der Waals surface area contributed by atoms with Gasteiger partial charge in [-0.25, -0.2) is 8.42 Å². The summed E-state index contributed by atoms with van der Waals surface area (Å²) < 4.78 is 32.9. The molecule has 1 fully saturated rings. The summed E-state index contributed by atoms with van der Waals surface area (Å²) in [4.78, 5) is 15.2. The van der Waals surface area contributed by atoms with Crippen molar-refractivity contribution >= 4 is 44.8 Å². The van der Waals surface area contributed by atoms with Gasteiger partial charge in [-0.05, 0) is 43.3 Å². The predicted molar refractivity (Wildman–Crippen MR) is 123 cm³/mol. The number of likely N-dealkylation sites (N-methyl/N-ethyl adjacent to an activating group) is 1. The third-order valence-corrected chi connectivity index (χ3v) is 7.96. The molecule has 1 aliphatic rings. The lowest BCUT2D eigenvalue weighted by Crippen LogP contribution is -2.48. The molecule has 0 saturated carbocycles. The van der Waals surface area contributed by atoms with E-state index in [1.54, 1.807) is 19.1 Å². The standard InChI is InChI=1S/C21H25Cl2N3O4S/c1-4-25-7-9-26(10-8-25)31(28,29)15-5-6-17(22)16(12-15)21(27)24-19-11-14(2)18(23)13-20(19)30-3/h5-6,11-13H,4,7-10H2,1-3H3,(H,24,27). The molecule has 31 heavy (non-hydrogen) atoms. The van der Waals surface area contributed by atoms with Crippen molar-refractivity contribution in [2.75, 3.05) is 45.2 Å². The summed E-state index contributed by atoms with van der Waals surface area (Å²) in [6.45, 7) is 6.88. The van der Waals surface area contributed by atoms with Crippen LogP contribution in [-0.2, 0) is 10.0 Å². The van der Waals surface area contributed by atoms with Gasteiger partial charge in [-0.1, -0.05) is 30.1 Å². The Hall–Kier alpha value is -1.84. The zero-order chi connectivity index (χ0) is 22.8. The van der Waals surface area contributed by atoms with Crippen LogP contribution in [0, 0.1) is 6.92 Å². The summed E-state index contributed by atoms with van der Waals surface area (Å²) in [6.07, 6.45) is 0. The maximum absolute atomic E-state index is 13.1. The Kier molecular flexibility index (Phi) is 7.49. The molecule has 0 radical (unpaired) electrons. The first-order valence-corrected chi connectivity index (χ1v) is 12.0. The van der Waals surface area contributed by atoms with Crippen molar-refractivity contribution in [2.45, 2.75) is 18.7 Å². The Morgan fingerprint density at radius 2 is 1.77 bits per heavy atom. The van der Waals surface area contributed by atoms with Crippen LogP contribution in [0.4, 0.5) is 5.69 Å². The number of piperazine rings is 1. The average Bonchev–Trinajstić information content (AvgIpc) is 2.76. The van der Waals surface area contributed by atoms with Gasteiger partial charge in [0.25, 0.3) is 5.91 Å². The topological polar surface area (TPSA) is 79.0 Å². The number of nitrogens with one attached hydrogen (secondary N) is 1. The van der Waals surface area contributed by atoms with Gasteiger partial charge in [-0.15, -0.1) is 0 Å². The number of rotatable bonds is 6. The van der Waals surface area contributed by atoms with E-state index in [0.717, 1.165) is 12.1 Å². The summed E-state index contributed by atoms with van der Waals surface area (Å²) in [7, 11) is -2.27. The van der Waals surface area contributed by atoms with E-state index in [4.69, 9.17) is 27.9 Å². The molecule has 1 aliphatic heterocycles. The van der Waals surface area contributed by atoms with E-state index in [1.165, 1.54) is 29.6 Å². The summed E-state index contributed by atoms with van der Waals surface area (Å²) in [5.74, 6) is -0.157. The summed E-state index contributed by atoms with van der Waals surface area (Å²) in [6, 6.07) is 7.45. The lowest BCUT2D eigenvalue weighted by atomic mass is 10.1. The van der Waals surface area contributed by atoms with Crippen LogP contribution < -0.4 is 10.1 Å². The monoisotopic (exact) mass is 485 g/mol. The number of amides is 1. The molecule has 10 heteroatoms. The highest BCUT2D eigenvalue weighted by atomic mass is 35.5.